The number of hydrogen-bond acceptors (Lipinski definition) is 2. The van der Waals surface area contributed by atoms with E-state index in [4.69, 9.17) is 0 Å². The van der Waals surface area contributed by atoms with Gasteiger partial charge in [-0.2, -0.15) is 0 Å². The van der Waals surface area contributed by atoms with Gasteiger partial charge >= 0.3 is 5.97 Å². The molecule has 1 aromatic carbocycles. The van der Waals surface area contributed by atoms with Crippen LogP contribution in [0.4, 0.5) is 0 Å². The second-order valence-electron chi connectivity index (χ2n) is 5.68. The quantitative estimate of drug-likeness (QED) is 0.891. The Morgan fingerprint density at radius 3 is 2.47 bits per heavy atom. The van der Waals surface area contributed by atoms with Crippen molar-refractivity contribution in [1.29, 1.82) is 0 Å². The molecule has 0 saturated carbocycles. The third-order valence-corrected chi connectivity index (χ3v) is 3.58. The maximum atomic E-state index is 11.5. The van der Waals surface area contributed by atoms with E-state index in [1.807, 2.05) is 30.7 Å². The van der Waals surface area contributed by atoms with Gasteiger partial charge in [-0.15, -0.1) is 0 Å². The SMILES string of the molecule is CC(C)n1cc(C(C)(C)C(=O)O)c2cc(O)ccc21. The Hall–Kier alpha value is -1.97. The Morgan fingerprint density at radius 1 is 1.32 bits per heavy atom. The molecular weight excluding hydrogens is 242 g/mol. The van der Waals surface area contributed by atoms with E-state index >= 15 is 0 Å². The molecule has 2 aromatic rings. The van der Waals surface area contributed by atoms with Gasteiger partial charge in [0.25, 0.3) is 0 Å². The topological polar surface area (TPSA) is 62.5 Å². The second kappa shape index (κ2) is 4.30. The molecule has 2 rings (SSSR count). The number of phenols is 1. The van der Waals surface area contributed by atoms with Crippen LogP contribution < -0.4 is 0 Å². The predicted octanol–water partition coefficient (Wildman–Crippen LogP) is 3.29. The van der Waals surface area contributed by atoms with Crippen molar-refractivity contribution < 1.29 is 15.0 Å². The van der Waals surface area contributed by atoms with E-state index in [-0.39, 0.29) is 11.8 Å². The number of aromatic nitrogens is 1. The van der Waals surface area contributed by atoms with Gasteiger partial charge in [0.15, 0.2) is 0 Å². The van der Waals surface area contributed by atoms with Crippen LogP contribution in [-0.2, 0) is 10.2 Å². The molecular formula is C15H19NO3. The lowest BCUT2D eigenvalue weighted by molar-refractivity contribution is -0.142. The van der Waals surface area contributed by atoms with E-state index in [1.165, 1.54) is 0 Å². The standard InChI is InChI=1S/C15H19NO3/c1-9(2)16-8-12(15(3,4)14(18)19)11-7-10(17)5-6-13(11)16/h5-9,17H,1-4H3,(H,18,19). The number of phenolic OH excluding ortho intramolecular Hbond substituents is 1. The second-order valence-corrected chi connectivity index (χ2v) is 5.68. The first-order chi connectivity index (χ1) is 8.75. The van der Waals surface area contributed by atoms with Gasteiger partial charge < -0.3 is 14.8 Å². The minimum Gasteiger partial charge on any atom is -0.508 e. The van der Waals surface area contributed by atoms with E-state index in [0.29, 0.717) is 0 Å². The van der Waals surface area contributed by atoms with Gasteiger partial charge in [-0.1, -0.05) is 0 Å². The molecule has 0 spiro atoms. The van der Waals surface area contributed by atoms with Crippen LogP contribution >= 0.6 is 0 Å². The van der Waals surface area contributed by atoms with Crippen LogP contribution in [0.25, 0.3) is 10.9 Å². The summed E-state index contributed by atoms with van der Waals surface area (Å²) in [5.74, 6) is -0.727. The zero-order chi connectivity index (χ0) is 14.4. The van der Waals surface area contributed by atoms with E-state index in [1.54, 1.807) is 26.0 Å². The van der Waals surface area contributed by atoms with Gasteiger partial charge in [-0.3, -0.25) is 4.79 Å². The monoisotopic (exact) mass is 261 g/mol. The average molecular weight is 261 g/mol. The molecule has 0 aliphatic carbocycles. The van der Waals surface area contributed by atoms with E-state index in [9.17, 15) is 15.0 Å². The molecule has 4 nitrogen and oxygen atoms in total. The first-order valence-corrected chi connectivity index (χ1v) is 6.32. The maximum Gasteiger partial charge on any atom is 0.313 e. The van der Waals surface area contributed by atoms with Crippen molar-refractivity contribution in [2.45, 2.75) is 39.2 Å². The highest BCUT2D eigenvalue weighted by Gasteiger charge is 2.33. The molecule has 19 heavy (non-hydrogen) atoms. The molecule has 1 aromatic heterocycles. The van der Waals surface area contributed by atoms with Gasteiger partial charge in [-0.25, -0.2) is 0 Å². The van der Waals surface area contributed by atoms with Crippen LogP contribution in [0.3, 0.4) is 0 Å². The molecule has 102 valence electrons. The fourth-order valence-corrected chi connectivity index (χ4v) is 2.28. The zero-order valence-electron chi connectivity index (χ0n) is 11.6. The van der Waals surface area contributed by atoms with Crippen molar-refractivity contribution in [2.75, 3.05) is 0 Å². The highest BCUT2D eigenvalue weighted by molar-refractivity contribution is 5.92. The molecule has 1 heterocycles. The van der Waals surface area contributed by atoms with Crippen molar-refractivity contribution in [3.63, 3.8) is 0 Å². The van der Waals surface area contributed by atoms with Crippen LogP contribution in [0.1, 0.15) is 39.3 Å². The summed E-state index contributed by atoms with van der Waals surface area (Å²) in [6, 6.07) is 5.31. The van der Waals surface area contributed by atoms with E-state index in [2.05, 4.69) is 0 Å². The lowest BCUT2D eigenvalue weighted by Gasteiger charge is -2.18. The first kappa shape index (κ1) is 13.5. The number of hydrogen-bond donors (Lipinski definition) is 2. The summed E-state index contributed by atoms with van der Waals surface area (Å²) in [5, 5.41) is 19.8. The van der Waals surface area contributed by atoms with E-state index in [0.717, 1.165) is 16.5 Å². The normalized spacial score (nSPS) is 12.3. The predicted molar refractivity (Wildman–Crippen MR) is 74.6 cm³/mol. The largest absolute Gasteiger partial charge is 0.508 e. The van der Waals surface area contributed by atoms with Crippen molar-refractivity contribution in [1.82, 2.24) is 4.57 Å². The van der Waals surface area contributed by atoms with Gasteiger partial charge in [0.05, 0.1) is 5.41 Å². The van der Waals surface area contributed by atoms with Gasteiger partial charge in [-0.05, 0) is 51.5 Å². The number of rotatable bonds is 3. The minimum absolute atomic E-state index is 0.149. The van der Waals surface area contributed by atoms with Crippen LogP contribution in [0, 0.1) is 0 Å². The number of aliphatic carboxylic acids is 1. The summed E-state index contributed by atoms with van der Waals surface area (Å²) in [7, 11) is 0. The van der Waals surface area contributed by atoms with Crippen molar-refractivity contribution in [3.8, 4) is 5.75 Å². The summed E-state index contributed by atoms with van der Waals surface area (Å²) in [5.41, 5.74) is 0.670. The zero-order valence-corrected chi connectivity index (χ0v) is 11.6. The smallest absolute Gasteiger partial charge is 0.313 e. The van der Waals surface area contributed by atoms with Crippen molar-refractivity contribution >= 4 is 16.9 Å². The summed E-state index contributed by atoms with van der Waals surface area (Å²) < 4.78 is 2.04. The molecule has 0 radical (unpaired) electrons. The fraction of sp³-hybridized carbons (Fsp3) is 0.400. The fourth-order valence-electron chi connectivity index (χ4n) is 2.28. The van der Waals surface area contributed by atoms with Crippen LogP contribution in [0.15, 0.2) is 24.4 Å². The van der Waals surface area contributed by atoms with Gasteiger partial charge in [0.1, 0.15) is 5.75 Å². The summed E-state index contributed by atoms with van der Waals surface area (Å²) in [6.45, 7) is 7.45. The third-order valence-electron chi connectivity index (χ3n) is 3.58. The number of fused-ring (bicyclic) bond motifs is 1. The van der Waals surface area contributed by atoms with Crippen molar-refractivity contribution in [2.24, 2.45) is 0 Å². The molecule has 0 fully saturated rings. The van der Waals surface area contributed by atoms with Crippen molar-refractivity contribution in [3.05, 3.63) is 30.0 Å². The minimum atomic E-state index is -0.994. The molecule has 0 aliphatic rings. The lowest BCUT2D eigenvalue weighted by Crippen LogP contribution is -2.28. The number of carbonyl (C=O) groups is 1. The summed E-state index contributed by atoms with van der Waals surface area (Å²) in [6.07, 6.45) is 1.88. The number of nitrogens with zero attached hydrogens (tertiary/aromatic N) is 1. The summed E-state index contributed by atoms with van der Waals surface area (Å²) >= 11 is 0. The molecule has 0 unspecified atom stereocenters. The molecule has 0 bridgehead atoms. The Balaban J connectivity index is 2.81. The van der Waals surface area contributed by atoms with Crippen LogP contribution in [0.5, 0.6) is 5.75 Å². The van der Waals surface area contributed by atoms with Crippen LogP contribution in [0.2, 0.25) is 0 Å². The molecule has 0 saturated heterocycles. The summed E-state index contributed by atoms with van der Waals surface area (Å²) in [4.78, 5) is 11.5. The number of carboxylic acid groups (broad SMARTS) is 1. The highest BCUT2D eigenvalue weighted by Crippen LogP contribution is 2.35. The number of benzene rings is 1. The number of carboxylic acids is 1. The first-order valence-electron chi connectivity index (χ1n) is 6.32. The van der Waals surface area contributed by atoms with Crippen LogP contribution in [-0.4, -0.2) is 20.7 Å². The van der Waals surface area contributed by atoms with Gasteiger partial charge in [0, 0.05) is 23.1 Å². The highest BCUT2D eigenvalue weighted by atomic mass is 16.4. The average Bonchev–Trinajstić information content (AvgIpc) is 2.67. The molecule has 4 heteroatoms. The Bertz CT molecular complexity index is 638. The molecule has 0 aliphatic heterocycles. The molecule has 2 N–H and O–H groups in total. The maximum absolute atomic E-state index is 11.5. The third kappa shape index (κ3) is 2.07. The Morgan fingerprint density at radius 2 is 1.95 bits per heavy atom. The van der Waals surface area contributed by atoms with Gasteiger partial charge in [0.2, 0.25) is 0 Å². The lowest BCUT2D eigenvalue weighted by atomic mass is 9.84. The Labute approximate surface area is 112 Å². The van der Waals surface area contributed by atoms with E-state index < -0.39 is 11.4 Å². The number of aromatic hydroxyl groups is 1. The Kier molecular flexibility index (Phi) is 3.04. The molecule has 0 amide bonds. The molecule has 0 atom stereocenters.